The van der Waals surface area contributed by atoms with E-state index in [2.05, 4.69) is 0 Å². The molecule has 2 N–H and O–H groups in total. The van der Waals surface area contributed by atoms with Crippen LogP contribution >= 0.6 is 0 Å². The molecule has 8 heavy (non-hydrogen) atoms. The third-order valence-corrected chi connectivity index (χ3v) is 0. The van der Waals surface area contributed by atoms with Gasteiger partial charge in [-0.2, -0.15) is 0 Å². The Hall–Kier alpha value is 0.332. The predicted octanol–water partition coefficient (Wildman–Crippen LogP) is -1.55. The van der Waals surface area contributed by atoms with Gasteiger partial charge in [-0.3, -0.25) is 0 Å². The second-order valence-corrected chi connectivity index (χ2v) is 0.163. The molecule has 0 bridgehead atoms. The third-order valence-electron chi connectivity index (χ3n) is 0. The second kappa shape index (κ2) is 54.0. The Kier molecular flexibility index (Phi) is 161. The molecule has 0 aliphatic heterocycles. The maximum absolute atomic E-state index is 8.11. The molecule has 0 heterocycles. The van der Waals surface area contributed by atoms with E-state index in [1.807, 2.05) is 0 Å². The van der Waals surface area contributed by atoms with E-state index >= 15 is 0 Å². The summed E-state index contributed by atoms with van der Waals surface area (Å²) in [6, 6.07) is 0. The molecular formula is H6AlN2NaO4. The van der Waals surface area contributed by atoms with Crippen molar-refractivity contribution in [1.29, 1.82) is 0 Å². The van der Waals surface area contributed by atoms with Crippen LogP contribution in [-0.4, -0.2) is 57.3 Å². The summed E-state index contributed by atoms with van der Waals surface area (Å²) in [5.74, 6) is 0. The maximum atomic E-state index is 8.11. The van der Waals surface area contributed by atoms with Crippen molar-refractivity contribution < 1.29 is 10.4 Å². The van der Waals surface area contributed by atoms with Crippen molar-refractivity contribution in [2.24, 2.45) is 10.7 Å². The summed E-state index contributed by atoms with van der Waals surface area (Å²) in [5.41, 5.74) is 0. The van der Waals surface area contributed by atoms with E-state index in [0.29, 0.717) is 0 Å². The molecule has 0 radical (unpaired) electrons. The van der Waals surface area contributed by atoms with Gasteiger partial charge in [-0.25, -0.2) is 0 Å². The van der Waals surface area contributed by atoms with Gasteiger partial charge in [0.05, 0.1) is 0 Å². The molecule has 0 atom stereocenters. The van der Waals surface area contributed by atoms with Gasteiger partial charge >= 0.3 is 29.6 Å². The van der Waals surface area contributed by atoms with E-state index in [9.17, 15) is 0 Å². The van der Waals surface area contributed by atoms with Crippen molar-refractivity contribution in [2.45, 2.75) is 0 Å². The summed E-state index contributed by atoms with van der Waals surface area (Å²) < 4.78 is 0. The normalized spacial score (nSPS) is 3.00. The molecular weight excluding hydrogens is 142 g/mol. The summed E-state index contributed by atoms with van der Waals surface area (Å²) >= 11 is 0. The third kappa shape index (κ3) is 1630. The van der Waals surface area contributed by atoms with Crippen LogP contribution in [0, 0.1) is 9.81 Å². The molecule has 0 aliphatic rings. The molecule has 0 saturated heterocycles. The van der Waals surface area contributed by atoms with Crippen LogP contribution in [0.25, 0.3) is 0 Å². The molecule has 0 saturated carbocycles. The predicted molar refractivity (Wildman–Crippen MR) is 32.3 cm³/mol. The summed E-state index contributed by atoms with van der Waals surface area (Å²) in [7, 11) is 0. The molecule has 0 rings (SSSR count). The van der Waals surface area contributed by atoms with Crippen LogP contribution in [0.5, 0.6) is 0 Å². The molecule has 0 spiro atoms. The van der Waals surface area contributed by atoms with Crippen LogP contribution in [0.1, 0.15) is 0 Å². The Labute approximate surface area is 77.6 Å². The second-order valence-electron chi connectivity index (χ2n) is 0.163. The molecule has 0 aliphatic carbocycles. The van der Waals surface area contributed by atoms with Gasteiger partial charge < -0.3 is 10.4 Å². The van der Waals surface area contributed by atoms with Crippen LogP contribution in [0.3, 0.4) is 0 Å². The Morgan fingerprint density at radius 3 is 1.00 bits per heavy atom. The average Bonchev–Trinajstić information content (AvgIpc) is 1.39. The molecule has 6 nitrogen and oxygen atoms in total. The van der Waals surface area contributed by atoms with E-state index in [4.69, 9.17) is 20.2 Å². The number of nitrogens with zero attached hydrogens (tertiary/aromatic N) is 2. The van der Waals surface area contributed by atoms with Gasteiger partial charge in [0.1, 0.15) is 0 Å². The summed E-state index contributed by atoms with van der Waals surface area (Å²) in [6.07, 6.45) is 0. The van der Waals surface area contributed by atoms with Gasteiger partial charge in [0.2, 0.25) is 0 Å². The standard InChI is InChI=1S/Al.2HNO2.Na.4H/c;2*2-1-3;;;;;/h;2*(H,2,3);;;;;. The quantitative estimate of drug-likeness (QED) is 0.247. The van der Waals surface area contributed by atoms with Crippen molar-refractivity contribution in [3.05, 3.63) is 9.81 Å². The SMILES string of the molecule is O=NO.O=NO.[AlH3].[NaH]. The van der Waals surface area contributed by atoms with E-state index in [1.165, 1.54) is 10.7 Å². The fraction of sp³-hybridized carbons (Fsp3) is 0. The van der Waals surface area contributed by atoms with Crippen LogP contribution in [0.4, 0.5) is 0 Å². The first-order chi connectivity index (χ1) is 2.83. The molecule has 0 aromatic carbocycles. The van der Waals surface area contributed by atoms with E-state index in [-0.39, 0.29) is 46.9 Å². The molecule has 0 fully saturated rings. The van der Waals surface area contributed by atoms with Gasteiger partial charge in [0.15, 0.2) is 28.0 Å². The minimum absolute atomic E-state index is 0. The number of hydrogen-bond donors (Lipinski definition) is 2. The zero-order valence-corrected chi connectivity index (χ0v) is 2.61. The monoisotopic (exact) mass is 148 g/mol. The van der Waals surface area contributed by atoms with Gasteiger partial charge in [-0.15, -0.1) is 9.81 Å². The van der Waals surface area contributed by atoms with Gasteiger partial charge in [0, 0.05) is 0 Å². The molecule has 0 aromatic heterocycles. The van der Waals surface area contributed by atoms with Crippen molar-refractivity contribution in [2.75, 3.05) is 0 Å². The van der Waals surface area contributed by atoms with Crippen LogP contribution in [0.15, 0.2) is 10.7 Å². The van der Waals surface area contributed by atoms with Crippen LogP contribution < -0.4 is 0 Å². The zero-order chi connectivity index (χ0) is 5.41. The molecule has 8 heteroatoms. The Morgan fingerprint density at radius 2 is 1.00 bits per heavy atom. The first-order valence-electron chi connectivity index (χ1n) is 0.765. The number of hydrogen-bond acceptors (Lipinski definition) is 4. The van der Waals surface area contributed by atoms with Gasteiger partial charge in [-0.1, -0.05) is 0 Å². The van der Waals surface area contributed by atoms with Crippen LogP contribution in [0.2, 0.25) is 0 Å². The zero-order valence-electron chi connectivity index (χ0n) is 2.61. The fourth-order valence-corrected chi connectivity index (χ4v) is 0. The summed E-state index contributed by atoms with van der Waals surface area (Å²) in [5, 5.41) is 15.8. The molecule has 44 valence electrons. The van der Waals surface area contributed by atoms with Crippen molar-refractivity contribution in [3.63, 3.8) is 0 Å². The Bertz CT molecular complexity index is 35.0. The van der Waals surface area contributed by atoms with Crippen molar-refractivity contribution in [3.8, 4) is 0 Å². The Morgan fingerprint density at radius 1 is 1.00 bits per heavy atom. The molecule has 0 aromatic rings. The first-order valence-corrected chi connectivity index (χ1v) is 0.765. The first kappa shape index (κ1) is 23.9. The topological polar surface area (TPSA) is 99.3 Å². The summed E-state index contributed by atoms with van der Waals surface area (Å²) in [6.45, 7) is 0. The minimum atomic E-state index is 0. The van der Waals surface area contributed by atoms with E-state index in [0.717, 1.165) is 0 Å². The average molecular weight is 148 g/mol. The van der Waals surface area contributed by atoms with Gasteiger partial charge in [0.25, 0.3) is 0 Å². The van der Waals surface area contributed by atoms with Crippen LogP contribution in [-0.2, 0) is 0 Å². The van der Waals surface area contributed by atoms with E-state index < -0.39 is 0 Å². The number of rotatable bonds is 0. The van der Waals surface area contributed by atoms with Crippen molar-refractivity contribution in [1.82, 2.24) is 0 Å². The molecule has 0 amide bonds. The van der Waals surface area contributed by atoms with Gasteiger partial charge in [-0.05, 0) is 0 Å². The Balaban J connectivity index is -0.0000000160. The molecule has 0 unspecified atom stereocenters. The van der Waals surface area contributed by atoms with Crippen molar-refractivity contribution >= 4 is 46.9 Å². The fourth-order valence-electron chi connectivity index (χ4n) is 0. The summed E-state index contributed by atoms with van der Waals surface area (Å²) in [4.78, 5) is 16.2. The van der Waals surface area contributed by atoms with E-state index in [1.54, 1.807) is 0 Å².